The number of ether oxygens (including phenoxy) is 1. The molecule has 0 heterocycles. The van der Waals surface area contributed by atoms with Gasteiger partial charge in [-0.2, -0.15) is 4.39 Å². The predicted molar refractivity (Wildman–Crippen MR) is 53.5 cm³/mol. The number of hydrogen-bond acceptors (Lipinski definition) is 2. The quantitative estimate of drug-likeness (QED) is 0.460. The highest BCUT2D eigenvalue weighted by molar-refractivity contribution is 5.78. The molecule has 0 spiro atoms. The lowest BCUT2D eigenvalue weighted by molar-refractivity contribution is 0.186. The van der Waals surface area contributed by atoms with Crippen molar-refractivity contribution in [3.63, 3.8) is 0 Å². The molecule has 0 rings (SSSR count). The van der Waals surface area contributed by atoms with E-state index < -0.39 is 5.95 Å². The summed E-state index contributed by atoms with van der Waals surface area (Å²) in [5.41, 5.74) is 0.788. The van der Waals surface area contributed by atoms with Gasteiger partial charge in [0.1, 0.15) is 0 Å². The molecule has 0 bridgehead atoms. The standard InChI is InChI=1S/C10H16FNO/c1-8(5-6-13-4)9(2)7-12-10(3)11/h7-8H,2-3,5-6H2,1,4H3/b12-7-. The van der Waals surface area contributed by atoms with E-state index in [4.69, 9.17) is 4.74 Å². The van der Waals surface area contributed by atoms with Gasteiger partial charge in [0.25, 0.3) is 0 Å². The average molecular weight is 185 g/mol. The van der Waals surface area contributed by atoms with Crippen molar-refractivity contribution in [2.45, 2.75) is 13.3 Å². The summed E-state index contributed by atoms with van der Waals surface area (Å²) in [6.45, 7) is 9.45. The Morgan fingerprint density at radius 2 is 2.23 bits per heavy atom. The molecule has 74 valence electrons. The normalized spacial score (nSPS) is 13.2. The van der Waals surface area contributed by atoms with Gasteiger partial charge in [0.15, 0.2) is 0 Å². The molecule has 1 atom stereocenters. The van der Waals surface area contributed by atoms with Crippen molar-refractivity contribution in [3.05, 3.63) is 24.7 Å². The van der Waals surface area contributed by atoms with Crippen molar-refractivity contribution in [1.82, 2.24) is 0 Å². The molecule has 0 aromatic heterocycles. The first-order valence-electron chi connectivity index (χ1n) is 4.14. The highest BCUT2D eigenvalue weighted by Gasteiger charge is 2.03. The molecule has 13 heavy (non-hydrogen) atoms. The van der Waals surface area contributed by atoms with Gasteiger partial charge in [-0.15, -0.1) is 0 Å². The summed E-state index contributed by atoms with van der Waals surface area (Å²) < 4.78 is 17.0. The van der Waals surface area contributed by atoms with Crippen molar-refractivity contribution in [3.8, 4) is 0 Å². The third kappa shape index (κ3) is 6.22. The minimum Gasteiger partial charge on any atom is -0.385 e. The second-order valence-electron chi connectivity index (χ2n) is 2.89. The second kappa shape index (κ2) is 6.54. The van der Waals surface area contributed by atoms with Crippen molar-refractivity contribution in [2.24, 2.45) is 10.9 Å². The maximum Gasteiger partial charge on any atom is 0.205 e. The first-order valence-corrected chi connectivity index (χ1v) is 4.14. The molecule has 0 aromatic rings. The maximum atomic E-state index is 12.1. The van der Waals surface area contributed by atoms with Gasteiger partial charge in [0, 0.05) is 19.9 Å². The fourth-order valence-corrected chi connectivity index (χ4v) is 0.760. The van der Waals surface area contributed by atoms with Gasteiger partial charge in [0.2, 0.25) is 5.95 Å². The number of rotatable bonds is 6. The van der Waals surface area contributed by atoms with Crippen LogP contribution in [0.5, 0.6) is 0 Å². The van der Waals surface area contributed by atoms with Gasteiger partial charge in [0.05, 0.1) is 0 Å². The molecule has 3 heteroatoms. The van der Waals surface area contributed by atoms with Crippen LogP contribution in [0, 0.1) is 5.92 Å². The minimum absolute atomic E-state index is 0.253. The number of methoxy groups -OCH3 is 1. The van der Waals surface area contributed by atoms with Crippen LogP contribution >= 0.6 is 0 Å². The van der Waals surface area contributed by atoms with Crippen LogP contribution in [0.2, 0.25) is 0 Å². The van der Waals surface area contributed by atoms with Crippen LogP contribution in [0.3, 0.4) is 0 Å². The third-order valence-electron chi connectivity index (χ3n) is 1.76. The largest absolute Gasteiger partial charge is 0.385 e. The van der Waals surface area contributed by atoms with Crippen molar-refractivity contribution < 1.29 is 9.13 Å². The summed E-state index contributed by atoms with van der Waals surface area (Å²) >= 11 is 0. The van der Waals surface area contributed by atoms with E-state index in [0.717, 1.165) is 12.0 Å². The first kappa shape index (κ1) is 12.0. The lowest BCUT2D eigenvalue weighted by Gasteiger charge is -2.09. The van der Waals surface area contributed by atoms with Crippen LogP contribution < -0.4 is 0 Å². The fraction of sp³-hybridized carbons (Fsp3) is 0.500. The Bertz CT molecular complexity index is 211. The van der Waals surface area contributed by atoms with E-state index in [1.807, 2.05) is 6.92 Å². The topological polar surface area (TPSA) is 21.6 Å². The molecule has 0 aliphatic carbocycles. The second-order valence-corrected chi connectivity index (χ2v) is 2.89. The molecule has 0 radical (unpaired) electrons. The number of allylic oxidation sites excluding steroid dienone is 1. The summed E-state index contributed by atoms with van der Waals surface area (Å²) in [5, 5.41) is 0. The highest BCUT2D eigenvalue weighted by Crippen LogP contribution is 2.11. The van der Waals surface area contributed by atoms with Crippen LogP contribution in [0.4, 0.5) is 4.39 Å². The maximum absolute atomic E-state index is 12.1. The van der Waals surface area contributed by atoms with Gasteiger partial charge in [-0.25, -0.2) is 4.99 Å². The van der Waals surface area contributed by atoms with Crippen molar-refractivity contribution >= 4 is 6.21 Å². The Kier molecular flexibility index (Phi) is 6.06. The summed E-state index contributed by atoms with van der Waals surface area (Å²) in [6, 6.07) is 0. The number of hydrogen-bond donors (Lipinski definition) is 0. The fourth-order valence-electron chi connectivity index (χ4n) is 0.760. The molecule has 0 saturated heterocycles. The zero-order chi connectivity index (χ0) is 10.3. The van der Waals surface area contributed by atoms with E-state index in [9.17, 15) is 4.39 Å². The molecule has 0 fully saturated rings. The monoisotopic (exact) mass is 185 g/mol. The minimum atomic E-state index is -0.694. The van der Waals surface area contributed by atoms with Crippen LogP contribution in [0.1, 0.15) is 13.3 Å². The molecule has 2 nitrogen and oxygen atoms in total. The summed E-state index contributed by atoms with van der Waals surface area (Å²) in [7, 11) is 1.65. The molecule has 0 aromatic carbocycles. The molecule has 0 aliphatic heterocycles. The SMILES string of the molecule is C=C(F)/N=C\C(=C)C(C)CCOC. The van der Waals surface area contributed by atoms with E-state index in [1.165, 1.54) is 6.21 Å². The van der Waals surface area contributed by atoms with Crippen LogP contribution in [-0.4, -0.2) is 19.9 Å². The van der Waals surface area contributed by atoms with Gasteiger partial charge in [-0.3, -0.25) is 0 Å². The third-order valence-corrected chi connectivity index (χ3v) is 1.76. The van der Waals surface area contributed by atoms with Gasteiger partial charge in [-0.05, 0) is 24.5 Å². The van der Waals surface area contributed by atoms with Crippen LogP contribution in [0.25, 0.3) is 0 Å². The van der Waals surface area contributed by atoms with Gasteiger partial charge >= 0.3 is 0 Å². The van der Waals surface area contributed by atoms with Gasteiger partial charge < -0.3 is 4.74 Å². The number of aliphatic imine (C=N–C) groups is 1. The number of halogens is 1. The van der Waals surface area contributed by atoms with Crippen molar-refractivity contribution in [2.75, 3.05) is 13.7 Å². The molecule has 1 unspecified atom stereocenters. The molecule has 0 amide bonds. The summed E-state index contributed by atoms with van der Waals surface area (Å²) in [5.74, 6) is -0.442. The Hall–Kier alpha value is -0.960. The lowest BCUT2D eigenvalue weighted by Crippen LogP contribution is -2.03. The highest BCUT2D eigenvalue weighted by atomic mass is 19.1. The Morgan fingerprint density at radius 3 is 2.69 bits per heavy atom. The van der Waals surface area contributed by atoms with E-state index in [1.54, 1.807) is 7.11 Å². The smallest absolute Gasteiger partial charge is 0.205 e. The Balaban J connectivity index is 3.89. The zero-order valence-electron chi connectivity index (χ0n) is 8.22. The van der Waals surface area contributed by atoms with Crippen LogP contribution in [0.15, 0.2) is 29.7 Å². The zero-order valence-corrected chi connectivity index (χ0v) is 8.22. The lowest BCUT2D eigenvalue weighted by atomic mass is 10.0. The van der Waals surface area contributed by atoms with Crippen molar-refractivity contribution in [1.29, 1.82) is 0 Å². The van der Waals surface area contributed by atoms with Gasteiger partial charge in [-0.1, -0.05) is 13.5 Å². The Morgan fingerprint density at radius 1 is 1.62 bits per heavy atom. The molecular formula is C10H16FNO. The van der Waals surface area contributed by atoms with E-state index >= 15 is 0 Å². The van der Waals surface area contributed by atoms with E-state index in [2.05, 4.69) is 18.2 Å². The van der Waals surface area contributed by atoms with E-state index in [0.29, 0.717) is 6.61 Å². The summed E-state index contributed by atoms with van der Waals surface area (Å²) in [6.07, 6.45) is 2.27. The first-order chi connectivity index (χ1) is 6.07. The number of nitrogens with zero attached hydrogens (tertiary/aromatic N) is 1. The predicted octanol–water partition coefficient (Wildman–Crippen LogP) is 2.73. The Labute approximate surface area is 78.8 Å². The molecule has 0 N–H and O–H groups in total. The average Bonchev–Trinajstić information content (AvgIpc) is 2.10. The molecule has 0 aliphatic rings. The van der Waals surface area contributed by atoms with E-state index in [-0.39, 0.29) is 5.92 Å². The molecule has 0 saturated carbocycles. The van der Waals surface area contributed by atoms with Crippen LogP contribution in [-0.2, 0) is 4.74 Å². The summed E-state index contributed by atoms with van der Waals surface area (Å²) in [4.78, 5) is 3.43. The molecular weight excluding hydrogens is 169 g/mol.